The fraction of sp³-hybridized carbons (Fsp3) is 0.444. The van der Waals surface area contributed by atoms with E-state index in [0.29, 0.717) is 29.4 Å². The van der Waals surface area contributed by atoms with Crippen LogP contribution in [0.3, 0.4) is 0 Å². The molecule has 128 valence electrons. The number of nitrogens with zero attached hydrogens (tertiary/aromatic N) is 2. The summed E-state index contributed by atoms with van der Waals surface area (Å²) >= 11 is 6.03. The molecule has 1 N–H and O–H groups in total. The summed E-state index contributed by atoms with van der Waals surface area (Å²) in [5.41, 5.74) is 0.706. The van der Waals surface area contributed by atoms with Crippen LogP contribution >= 0.6 is 11.6 Å². The lowest BCUT2D eigenvalue weighted by molar-refractivity contribution is 0.0946. The van der Waals surface area contributed by atoms with Crippen molar-refractivity contribution >= 4 is 28.4 Å². The minimum atomic E-state index is -0.307. The zero-order valence-corrected chi connectivity index (χ0v) is 14.8. The number of halogens is 1. The third-order valence-electron chi connectivity index (χ3n) is 4.67. The number of hydrogen-bond donors (Lipinski definition) is 1. The number of nitrogens with one attached hydrogen (secondary N) is 1. The fourth-order valence-electron chi connectivity index (χ4n) is 3.32. The van der Waals surface area contributed by atoms with Gasteiger partial charge in [-0.25, -0.2) is 0 Å². The quantitative estimate of drug-likeness (QED) is 0.923. The normalized spacial score (nSPS) is 18.2. The molecule has 0 aliphatic carbocycles. The van der Waals surface area contributed by atoms with Crippen molar-refractivity contribution in [2.45, 2.75) is 19.9 Å². The van der Waals surface area contributed by atoms with Crippen molar-refractivity contribution in [3.63, 3.8) is 0 Å². The largest absolute Gasteiger partial charge is 0.352 e. The highest BCUT2D eigenvalue weighted by atomic mass is 35.5. The number of hydrogen-bond acceptors (Lipinski definition) is 3. The molecule has 1 aliphatic rings. The van der Waals surface area contributed by atoms with Crippen LogP contribution in [0.1, 0.15) is 23.7 Å². The molecule has 0 bridgehead atoms. The zero-order chi connectivity index (χ0) is 17.3. The predicted octanol–water partition coefficient (Wildman–Crippen LogP) is 2.36. The second kappa shape index (κ2) is 6.95. The number of aromatic nitrogens is 1. The van der Waals surface area contributed by atoms with Gasteiger partial charge in [-0.1, -0.05) is 11.6 Å². The molecule has 2 heterocycles. The number of aryl methyl sites for hydroxylation is 1. The van der Waals surface area contributed by atoms with E-state index in [4.69, 9.17) is 11.6 Å². The van der Waals surface area contributed by atoms with Gasteiger partial charge in [-0.3, -0.25) is 9.59 Å². The van der Waals surface area contributed by atoms with E-state index in [1.54, 1.807) is 18.3 Å². The summed E-state index contributed by atoms with van der Waals surface area (Å²) in [6.45, 7) is 5.29. The lowest BCUT2D eigenvalue weighted by atomic mass is 10.1. The number of fused-ring (bicyclic) bond motifs is 1. The first-order chi connectivity index (χ1) is 11.5. The molecule has 6 heteroatoms. The van der Waals surface area contributed by atoms with Crippen LogP contribution in [0.15, 0.2) is 29.2 Å². The monoisotopic (exact) mass is 347 g/mol. The molecule has 1 aromatic heterocycles. The molecule has 0 unspecified atom stereocenters. The zero-order valence-electron chi connectivity index (χ0n) is 14.0. The summed E-state index contributed by atoms with van der Waals surface area (Å²) in [5.74, 6) is 0.140. The number of rotatable bonds is 4. The Hall–Kier alpha value is -1.85. The van der Waals surface area contributed by atoms with Crippen molar-refractivity contribution < 1.29 is 4.79 Å². The molecule has 24 heavy (non-hydrogen) atoms. The Morgan fingerprint density at radius 2 is 2.21 bits per heavy atom. The molecule has 1 aliphatic heterocycles. The molecule has 1 atom stereocenters. The number of likely N-dealkylation sites (tertiary alicyclic amines) is 1. The summed E-state index contributed by atoms with van der Waals surface area (Å²) in [5, 5.41) is 3.90. The number of amides is 1. The predicted molar refractivity (Wildman–Crippen MR) is 96.8 cm³/mol. The van der Waals surface area contributed by atoms with E-state index in [0.717, 1.165) is 25.0 Å². The van der Waals surface area contributed by atoms with Gasteiger partial charge in [-0.15, -0.1) is 0 Å². The number of benzene rings is 1. The van der Waals surface area contributed by atoms with Gasteiger partial charge in [-0.05, 0) is 51.1 Å². The average Bonchev–Trinajstić information content (AvgIpc) is 2.99. The lowest BCUT2D eigenvalue weighted by Gasteiger charge is -2.14. The highest BCUT2D eigenvalue weighted by Crippen LogP contribution is 2.18. The Kier molecular flexibility index (Phi) is 4.92. The molecule has 0 saturated carbocycles. The minimum absolute atomic E-state index is 0.179. The molecule has 2 aromatic rings. The Labute approximate surface area is 146 Å². The Balaban J connectivity index is 1.89. The molecule has 1 fully saturated rings. The minimum Gasteiger partial charge on any atom is -0.352 e. The molecule has 0 spiro atoms. The van der Waals surface area contributed by atoms with Crippen LogP contribution in [-0.2, 0) is 6.54 Å². The molecule has 1 aromatic carbocycles. The van der Waals surface area contributed by atoms with Gasteiger partial charge >= 0.3 is 0 Å². The number of carbonyl (C=O) groups is 1. The van der Waals surface area contributed by atoms with Crippen molar-refractivity contribution in [1.29, 1.82) is 0 Å². The SMILES string of the molecule is CCn1cc(C(=O)NC[C@@H]2CCN(C)C2)c(=O)c2cc(Cl)ccc21. The van der Waals surface area contributed by atoms with Crippen molar-refractivity contribution in [2.24, 2.45) is 5.92 Å². The van der Waals surface area contributed by atoms with Crippen molar-refractivity contribution in [3.8, 4) is 0 Å². The van der Waals surface area contributed by atoms with E-state index in [9.17, 15) is 9.59 Å². The van der Waals surface area contributed by atoms with Gasteiger partial charge in [0.25, 0.3) is 5.91 Å². The van der Waals surface area contributed by atoms with Crippen molar-refractivity contribution in [3.05, 3.63) is 45.2 Å². The average molecular weight is 348 g/mol. The molecule has 5 nitrogen and oxygen atoms in total. The summed E-state index contributed by atoms with van der Waals surface area (Å²) in [6, 6.07) is 5.21. The van der Waals surface area contributed by atoms with Crippen LogP contribution in [0.25, 0.3) is 10.9 Å². The maximum Gasteiger partial charge on any atom is 0.256 e. The molecular weight excluding hydrogens is 326 g/mol. The Morgan fingerprint density at radius 3 is 2.88 bits per heavy atom. The lowest BCUT2D eigenvalue weighted by Crippen LogP contribution is -2.34. The third-order valence-corrected chi connectivity index (χ3v) is 4.90. The van der Waals surface area contributed by atoms with Crippen LogP contribution in [-0.4, -0.2) is 42.1 Å². The smallest absolute Gasteiger partial charge is 0.256 e. The fourth-order valence-corrected chi connectivity index (χ4v) is 3.49. The second-order valence-electron chi connectivity index (χ2n) is 6.45. The van der Waals surface area contributed by atoms with Crippen LogP contribution in [0, 0.1) is 5.92 Å². The first kappa shape index (κ1) is 17.0. The second-order valence-corrected chi connectivity index (χ2v) is 6.88. The van der Waals surface area contributed by atoms with Gasteiger partial charge in [0.15, 0.2) is 0 Å². The Morgan fingerprint density at radius 1 is 1.42 bits per heavy atom. The van der Waals surface area contributed by atoms with Gasteiger partial charge < -0.3 is 14.8 Å². The van der Waals surface area contributed by atoms with Crippen LogP contribution in [0.4, 0.5) is 0 Å². The maximum atomic E-state index is 12.7. The van der Waals surface area contributed by atoms with E-state index in [2.05, 4.69) is 17.3 Å². The summed E-state index contributed by atoms with van der Waals surface area (Å²) in [4.78, 5) is 27.5. The summed E-state index contributed by atoms with van der Waals surface area (Å²) < 4.78 is 1.91. The molecule has 0 radical (unpaired) electrons. The Bertz CT molecular complexity index is 831. The first-order valence-electron chi connectivity index (χ1n) is 8.29. The van der Waals surface area contributed by atoms with Gasteiger partial charge in [-0.2, -0.15) is 0 Å². The molecule has 3 rings (SSSR count). The van der Waals surface area contributed by atoms with Crippen LogP contribution < -0.4 is 10.7 Å². The number of pyridine rings is 1. The molecule has 1 amide bonds. The van der Waals surface area contributed by atoms with Gasteiger partial charge in [0, 0.05) is 36.2 Å². The summed E-state index contributed by atoms with van der Waals surface area (Å²) in [7, 11) is 2.08. The highest BCUT2D eigenvalue weighted by Gasteiger charge is 2.21. The van der Waals surface area contributed by atoms with Crippen molar-refractivity contribution in [2.75, 3.05) is 26.7 Å². The number of carbonyl (C=O) groups excluding carboxylic acids is 1. The maximum absolute atomic E-state index is 12.7. The van der Waals surface area contributed by atoms with Gasteiger partial charge in [0.05, 0.1) is 5.52 Å². The van der Waals surface area contributed by atoms with E-state index in [1.807, 2.05) is 17.6 Å². The molecule has 1 saturated heterocycles. The van der Waals surface area contributed by atoms with Gasteiger partial charge in [0.1, 0.15) is 5.56 Å². The van der Waals surface area contributed by atoms with Crippen LogP contribution in [0.2, 0.25) is 5.02 Å². The van der Waals surface area contributed by atoms with E-state index in [-0.39, 0.29) is 16.9 Å². The summed E-state index contributed by atoms with van der Waals surface area (Å²) in [6.07, 6.45) is 2.72. The van der Waals surface area contributed by atoms with Crippen LogP contribution in [0.5, 0.6) is 0 Å². The molecular formula is C18H22ClN3O2. The van der Waals surface area contributed by atoms with Crippen molar-refractivity contribution in [1.82, 2.24) is 14.8 Å². The van der Waals surface area contributed by atoms with E-state index in [1.165, 1.54) is 0 Å². The van der Waals surface area contributed by atoms with E-state index < -0.39 is 0 Å². The van der Waals surface area contributed by atoms with E-state index >= 15 is 0 Å². The first-order valence-corrected chi connectivity index (χ1v) is 8.67. The topological polar surface area (TPSA) is 54.3 Å². The standard InChI is InChI=1S/C18H22ClN3O2/c1-3-22-11-15(17(23)14-8-13(19)4-5-16(14)22)18(24)20-9-12-6-7-21(2)10-12/h4-5,8,11-12H,3,6-7,9-10H2,1-2H3,(H,20,24)/t12-/m0/s1. The highest BCUT2D eigenvalue weighted by molar-refractivity contribution is 6.31. The van der Waals surface area contributed by atoms with Gasteiger partial charge in [0.2, 0.25) is 5.43 Å². The third kappa shape index (κ3) is 3.32.